The van der Waals surface area contributed by atoms with E-state index in [4.69, 9.17) is 0 Å². The van der Waals surface area contributed by atoms with Crippen molar-refractivity contribution in [2.24, 2.45) is 0 Å². The topological polar surface area (TPSA) is 15.3 Å². The molecular formula is C17H23BrN2S. The smallest absolute Gasteiger partial charge is 0.0522 e. The summed E-state index contributed by atoms with van der Waals surface area (Å²) in [6.45, 7) is 9.42. The van der Waals surface area contributed by atoms with Gasteiger partial charge in [-0.25, -0.2) is 0 Å². The van der Waals surface area contributed by atoms with E-state index >= 15 is 0 Å². The van der Waals surface area contributed by atoms with Crippen LogP contribution in [0.4, 0.5) is 5.69 Å². The van der Waals surface area contributed by atoms with Gasteiger partial charge in [0.05, 0.1) is 6.54 Å². The Hall–Kier alpha value is -0.840. The number of anilines is 1. The van der Waals surface area contributed by atoms with Crippen LogP contribution in [0.5, 0.6) is 0 Å². The SMILES string of the molecule is CCN(Cc1cccs1)c1ccc(CNC(C)C)c(Br)c1. The van der Waals surface area contributed by atoms with Crippen molar-refractivity contribution in [3.05, 3.63) is 50.6 Å². The van der Waals surface area contributed by atoms with Crippen molar-refractivity contribution in [3.8, 4) is 0 Å². The van der Waals surface area contributed by atoms with Crippen molar-refractivity contribution in [1.82, 2.24) is 5.32 Å². The quantitative estimate of drug-likeness (QED) is 0.738. The molecule has 0 amide bonds. The third-order valence-corrected chi connectivity index (χ3v) is 5.01. The molecule has 0 fully saturated rings. The maximum Gasteiger partial charge on any atom is 0.0522 e. The highest BCUT2D eigenvalue weighted by atomic mass is 79.9. The predicted octanol–water partition coefficient (Wildman–Crippen LogP) is 5.04. The third kappa shape index (κ3) is 4.83. The first-order valence-electron chi connectivity index (χ1n) is 7.39. The second-order valence-electron chi connectivity index (χ2n) is 5.40. The van der Waals surface area contributed by atoms with Gasteiger partial charge in [-0.1, -0.05) is 41.9 Å². The number of rotatable bonds is 7. The van der Waals surface area contributed by atoms with Crippen molar-refractivity contribution in [3.63, 3.8) is 0 Å². The Bertz CT molecular complexity index is 552. The number of nitrogens with zero attached hydrogens (tertiary/aromatic N) is 1. The highest BCUT2D eigenvalue weighted by molar-refractivity contribution is 9.10. The zero-order valence-electron chi connectivity index (χ0n) is 12.9. The van der Waals surface area contributed by atoms with E-state index in [-0.39, 0.29) is 0 Å². The summed E-state index contributed by atoms with van der Waals surface area (Å²) in [5, 5.41) is 5.60. The van der Waals surface area contributed by atoms with Crippen LogP contribution in [-0.2, 0) is 13.1 Å². The first-order valence-corrected chi connectivity index (χ1v) is 9.06. The van der Waals surface area contributed by atoms with Gasteiger partial charge in [0, 0.05) is 34.2 Å². The van der Waals surface area contributed by atoms with Crippen LogP contribution < -0.4 is 10.2 Å². The summed E-state index contributed by atoms with van der Waals surface area (Å²) >= 11 is 5.53. The fraction of sp³-hybridized carbons (Fsp3) is 0.412. The molecule has 0 aliphatic rings. The normalized spacial score (nSPS) is 11.1. The fourth-order valence-electron chi connectivity index (χ4n) is 2.17. The van der Waals surface area contributed by atoms with Gasteiger partial charge in [0.25, 0.3) is 0 Å². The predicted molar refractivity (Wildman–Crippen MR) is 97.2 cm³/mol. The van der Waals surface area contributed by atoms with Gasteiger partial charge in [-0.2, -0.15) is 0 Å². The molecule has 0 atom stereocenters. The molecule has 0 unspecified atom stereocenters. The lowest BCUT2D eigenvalue weighted by Gasteiger charge is -2.23. The van der Waals surface area contributed by atoms with Crippen LogP contribution in [0.25, 0.3) is 0 Å². The molecule has 1 heterocycles. The minimum absolute atomic E-state index is 0.502. The van der Waals surface area contributed by atoms with Crippen molar-refractivity contribution >= 4 is 33.0 Å². The molecule has 2 nitrogen and oxygen atoms in total. The van der Waals surface area contributed by atoms with Gasteiger partial charge >= 0.3 is 0 Å². The van der Waals surface area contributed by atoms with E-state index < -0.39 is 0 Å². The van der Waals surface area contributed by atoms with Gasteiger partial charge in [-0.3, -0.25) is 0 Å². The fourth-order valence-corrected chi connectivity index (χ4v) is 3.39. The molecule has 1 aromatic heterocycles. The maximum atomic E-state index is 3.71. The summed E-state index contributed by atoms with van der Waals surface area (Å²) in [5.41, 5.74) is 2.57. The minimum atomic E-state index is 0.502. The van der Waals surface area contributed by atoms with Gasteiger partial charge in [0.15, 0.2) is 0 Å². The second-order valence-corrected chi connectivity index (χ2v) is 7.29. The molecule has 0 radical (unpaired) electrons. The molecular weight excluding hydrogens is 344 g/mol. The number of halogens is 1. The molecule has 1 N–H and O–H groups in total. The molecule has 21 heavy (non-hydrogen) atoms. The van der Waals surface area contributed by atoms with E-state index in [9.17, 15) is 0 Å². The van der Waals surface area contributed by atoms with E-state index in [2.05, 4.69) is 82.6 Å². The molecule has 114 valence electrons. The summed E-state index contributed by atoms with van der Waals surface area (Å²) in [5.74, 6) is 0. The highest BCUT2D eigenvalue weighted by Crippen LogP contribution is 2.26. The molecule has 2 rings (SSSR count). The molecule has 0 saturated heterocycles. The van der Waals surface area contributed by atoms with Gasteiger partial charge in [0.2, 0.25) is 0 Å². The molecule has 0 spiro atoms. The number of benzene rings is 1. The summed E-state index contributed by atoms with van der Waals surface area (Å²) in [6.07, 6.45) is 0. The van der Waals surface area contributed by atoms with E-state index in [0.29, 0.717) is 6.04 Å². The lowest BCUT2D eigenvalue weighted by molar-refractivity contribution is 0.588. The van der Waals surface area contributed by atoms with Crippen molar-refractivity contribution in [1.29, 1.82) is 0 Å². The molecule has 0 bridgehead atoms. The Balaban J connectivity index is 2.09. The summed E-state index contributed by atoms with van der Waals surface area (Å²) < 4.78 is 1.18. The Morgan fingerprint density at radius 2 is 2.10 bits per heavy atom. The monoisotopic (exact) mass is 366 g/mol. The zero-order chi connectivity index (χ0) is 15.2. The third-order valence-electron chi connectivity index (χ3n) is 3.41. The van der Waals surface area contributed by atoms with Crippen LogP contribution in [-0.4, -0.2) is 12.6 Å². The molecule has 0 aliphatic heterocycles. The van der Waals surface area contributed by atoms with Crippen LogP contribution >= 0.6 is 27.3 Å². The summed E-state index contributed by atoms with van der Waals surface area (Å²) in [4.78, 5) is 3.80. The van der Waals surface area contributed by atoms with Crippen LogP contribution in [0, 0.1) is 0 Å². The van der Waals surface area contributed by atoms with Gasteiger partial charge in [0.1, 0.15) is 0 Å². The lowest BCUT2D eigenvalue weighted by atomic mass is 10.2. The van der Waals surface area contributed by atoms with Crippen LogP contribution in [0.15, 0.2) is 40.2 Å². The van der Waals surface area contributed by atoms with Crippen LogP contribution in [0.2, 0.25) is 0 Å². The average Bonchev–Trinajstić information content (AvgIpc) is 2.96. The second kappa shape index (κ2) is 7.97. The Morgan fingerprint density at radius 3 is 2.67 bits per heavy atom. The largest absolute Gasteiger partial charge is 0.367 e. The lowest BCUT2D eigenvalue weighted by Crippen LogP contribution is -2.23. The summed E-state index contributed by atoms with van der Waals surface area (Å²) in [7, 11) is 0. The Morgan fingerprint density at radius 1 is 1.29 bits per heavy atom. The summed E-state index contributed by atoms with van der Waals surface area (Å²) in [6, 6.07) is 11.5. The van der Waals surface area contributed by atoms with E-state index in [1.54, 1.807) is 0 Å². The maximum absolute atomic E-state index is 3.71. The molecule has 0 aliphatic carbocycles. The van der Waals surface area contributed by atoms with Crippen LogP contribution in [0.1, 0.15) is 31.2 Å². The number of hydrogen-bond donors (Lipinski definition) is 1. The molecule has 1 aromatic carbocycles. The zero-order valence-corrected chi connectivity index (χ0v) is 15.3. The Labute approximate surface area is 140 Å². The van der Waals surface area contributed by atoms with Crippen molar-refractivity contribution in [2.75, 3.05) is 11.4 Å². The van der Waals surface area contributed by atoms with Gasteiger partial charge in [-0.15, -0.1) is 11.3 Å². The van der Waals surface area contributed by atoms with E-state index in [1.807, 2.05) is 11.3 Å². The van der Waals surface area contributed by atoms with Gasteiger partial charge < -0.3 is 10.2 Å². The van der Waals surface area contributed by atoms with Crippen LogP contribution in [0.3, 0.4) is 0 Å². The number of hydrogen-bond acceptors (Lipinski definition) is 3. The number of nitrogens with one attached hydrogen (secondary N) is 1. The standard InChI is InChI=1S/C17H23BrN2S/c1-4-20(12-16-6-5-9-21-16)15-8-7-14(17(18)10-15)11-19-13(2)3/h5-10,13,19H,4,11-12H2,1-3H3. The van der Waals surface area contributed by atoms with E-state index in [1.165, 1.54) is 20.6 Å². The minimum Gasteiger partial charge on any atom is -0.367 e. The van der Waals surface area contributed by atoms with E-state index in [0.717, 1.165) is 19.6 Å². The molecule has 0 saturated carbocycles. The Kier molecular flexibility index (Phi) is 6.27. The number of thiophene rings is 1. The molecule has 2 aromatic rings. The van der Waals surface area contributed by atoms with Crippen molar-refractivity contribution in [2.45, 2.75) is 39.9 Å². The highest BCUT2D eigenvalue weighted by Gasteiger charge is 2.09. The average molecular weight is 367 g/mol. The first-order chi connectivity index (χ1) is 10.1. The molecule has 4 heteroatoms. The van der Waals surface area contributed by atoms with Crippen molar-refractivity contribution < 1.29 is 0 Å². The first kappa shape index (κ1) is 16.5. The van der Waals surface area contributed by atoms with Gasteiger partial charge in [-0.05, 0) is 36.1 Å².